The molecule has 1 heterocycles. The van der Waals surface area contributed by atoms with Crippen LogP contribution in [0.2, 0.25) is 10.0 Å². The Bertz CT molecular complexity index is 497. The minimum Gasteiger partial charge on any atom is -0.472 e. The molecule has 18 heavy (non-hydrogen) atoms. The monoisotopic (exact) mass is 283 g/mol. The molecule has 0 amide bonds. The molecule has 1 N–H and O–H groups in total. The average Bonchev–Trinajstić information content (AvgIpc) is 2.85. The second-order valence-corrected chi connectivity index (χ2v) is 4.95. The van der Waals surface area contributed by atoms with Gasteiger partial charge in [-0.2, -0.15) is 0 Å². The van der Waals surface area contributed by atoms with Gasteiger partial charge in [-0.25, -0.2) is 0 Å². The van der Waals surface area contributed by atoms with Crippen molar-refractivity contribution in [1.82, 2.24) is 5.32 Å². The highest BCUT2D eigenvalue weighted by Gasteiger charge is 2.17. The molecule has 0 aliphatic heterocycles. The molecule has 1 aromatic carbocycles. The van der Waals surface area contributed by atoms with Gasteiger partial charge in [0.2, 0.25) is 0 Å². The summed E-state index contributed by atoms with van der Waals surface area (Å²) in [4.78, 5) is 0. The first-order valence-corrected chi connectivity index (χ1v) is 6.68. The molecular weight excluding hydrogens is 269 g/mol. The van der Waals surface area contributed by atoms with Gasteiger partial charge in [-0.15, -0.1) is 0 Å². The van der Waals surface area contributed by atoms with E-state index in [0.717, 1.165) is 24.1 Å². The van der Waals surface area contributed by atoms with Crippen molar-refractivity contribution < 1.29 is 4.42 Å². The zero-order chi connectivity index (χ0) is 13.0. The zero-order valence-electron chi connectivity index (χ0n) is 10.1. The Labute approximate surface area is 117 Å². The van der Waals surface area contributed by atoms with E-state index in [1.807, 2.05) is 18.2 Å². The summed E-state index contributed by atoms with van der Waals surface area (Å²) in [5, 5.41) is 4.77. The predicted molar refractivity (Wildman–Crippen MR) is 75.3 cm³/mol. The summed E-state index contributed by atoms with van der Waals surface area (Å²) in [6, 6.07) is 7.54. The van der Waals surface area contributed by atoms with E-state index in [0.29, 0.717) is 10.0 Å². The molecule has 2 aromatic rings. The lowest BCUT2D eigenvalue weighted by Gasteiger charge is -2.19. The van der Waals surface area contributed by atoms with Crippen molar-refractivity contribution >= 4 is 23.2 Å². The minimum atomic E-state index is 0.0356. The van der Waals surface area contributed by atoms with Crippen LogP contribution in [0, 0.1) is 0 Å². The van der Waals surface area contributed by atoms with E-state index >= 15 is 0 Å². The van der Waals surface area contributed by atoms with Gasteiger partial charge in [0.1, 0.15) is 0 Å². The SMILES string of the molecule is CCCNC(c1ccoc1)c1ccc(Cl)cc1Cl. The van der Waals surface area contributed by atoms with Crippen LogP contribution in [0.15, 0.2) is 41.2 Å². The highest BCUT2D eigenvalue weighted by molar-refractivity contribution is 6.35. The van der Waals surface area contributed by atoms with Gasteiger partial charge in [0, 0.05) is 15.6 Å². The quantitative estimate of drug-likeness (QED) is 0.862. The van der Waals surface area contributed by atoms with Gasteiger partial charge in [-0.05, 0) is 36.7 Å². The molecule has 0 fully saturated rings. The van der Waals surface area contributed by atoms with Crippen LogP contribution in [0.4, 0.5) is 0 Å². The standard InChI is InChI=1S/C14H15Cl2NO/c1-2-6-17-14(10-5-7-18-9-10)12-4-3-11(15)8-13(12)16/h3-5,7-9,14,17H,2,6H2,1H3. The van der Waals surface area contributed by atoms with E-state index in [1.165, 1.54) is 0 Å². The normalized spacial score (nSPS) is 12.6. The van der Waals surface area contributed by atoms with Crippen molar-refractivity contribution in [2.24, 2.45) is 0 Å². The lowest BCUT2D eigenvalue weighted by Crippen LogP contribution is -2.23. The molecule has 4 heteroatoms. The number of hydrogen-bond donors (Lipinski definition) is 1. The number of halogens is 2. The van der Waals surface area contributed by atoms with E-state index in [9.17, 15) is 0 Å². The van der Waals surface area contributed by atoms with Crippen LogP contribution in [0.25, 0.3) is 0 Å². The Morgan fingerprint density at radius 2 is 2.11 bits per heavy atom. The van der Waals surface area contributed by atoms with Gasteiger partial charge in [-0.1, -0.05) is 36.2 Å². The highest BCUT2D eigenvalue weighted by Crippen LogP contribution is 2.30. The molecule has 2 rings (SSSR count). The molecule has 0 saturated carbocycles. The molecular formula is C14H15Cl2NO. The van der Waals surface area contributed by atoms with Crippen LogP contribution in [0.1, 0.15) is 30.5 Å². The van der Waals surface area contributed by atoms with E-state index in [4.69, 9.17) is 27.6 Å². The van der Waals surface area contributed by atoms with E-state index < -0.39 is 0 Å². The summed E-state index contributed by atoms with van der Waals surface area (Å²) >= 11 is 12.2. The highest BCUT2D eigenvalue weighted by atomic mass is 35.5. The van der Waals surface area contributed by atoms with Crippen LogP contribution in [-0.4, -0.2) is 6.54 Å². The second kappa shape index (κ2) is 6.28. The molecule has 0 saturated heterocycles. The molecule has 0 spiro atoms. The maximum absolute atomic E-state index is 6.27. The topological polar surface area (TPSA) is 25.2 Å². The Morgan fingerprint density at radius 1 is 1.28 bits per heavy atom. The van der Waals surface area contributed by atoms with Crippen LogP contribution in [-0.2, 0) is 0 Å². The fraction of sp³-hybridized carbons (Fsp3) is 0.286. The number of hydrogen-bond acceptors (Lipinski definition) is 2. The van der Waals surface area contributed by atoms with Crippen LogP contribution in [0.5, 0.6) is 0 Å². The van der Waals surface area contributed by atoms with Crippen molar-refractivity contribution in [2.75, 3.05) is 6.54 Å². The number of nitrogens with one attached hydrogen (secondary N) is 1. The van der Waals surface area contributed by atoms with Gasteiger partial charge in [0.25, 0.3) is 0 Å². The van der Waals surface area contributed by atoms with E-state index in [2.05, 4.69) is 12.2 Å². The fourth-order valence-corrected chi connectivity index (χ4v) is 2.39. The van der Waals surface area contributed by atoms with Crippen molar-refractivity contribution in [2.45, 2.75) is 19.4 Å². The lowest BCUT2D eigenvalue weighted by atomic mass is 10.0. The van der Waals surface area contributed by atoms with Crippen molar-refractivity contribution in [3.05, 3.63) is 58.0 Å². The van der Waals surface area contributed by atoms with E-state index in [1.54, 1.807) is 18.6 Å². The molecule has 1 unspecified atom stereocenters. The van der Waals surface area contributed by atoms with Crippen LogP contribution in [0.3, 0.4) is 0 Å². The van der Waals surface area contributed by atoms with Gasteiger partial charge in [0.15, 0.2) is 0 Å². The van der Waals surface area contributed by atoms with E-state index in [-0.39, 0.29) is 6.04 Å². The molecule has 0 aliphatic rings. The Hall–Kier alpha value is -0.960. The summed E-state index contributed by atoms with van der Waals surface area (Å²) in [5.74, 6) is 0. The minimum absolute atomic E-state index is 0.0356. The molecule has 96 valence electrons. The fourth-order valence-electron chi connectivity index (χ4n) is 1.87. The molecule has 0 aliphatic carbocycles. The molecule has 1 atom stereocenters. The number of furan rings is 1. The van der Waals surface area contributed by atoms with Crippen molar-refractivity contribution in [1.29, 1.82) is 0 Å². The summed E-state index contributed by atoms with van der Waals surface area (Å²) in [5.41, 5.74) is 2.07. The Kier molecular flexibility index (Phi) is 4.70. The molecule has 0 bridgehead atoms. The first-order chi connectivity index (χ1) is 8.72. The first kappa shape index (κ1) is 13.5. The summed E-state index contributed by atoms with van der Waals surface area (Å²) in [6.07, 6.45) is 4.46. The van der Waals surface area contributed by atoms with Crippen LogP contribution < -0.4 is 5.32 Å². The third kappa shape index (κ3) is 3.08. The van der Waals surface area contributed by atoms with Gasteiger partial charge < -0.3 is 9.73 Å². The van der Waals surface area contributed by atoms with Gasteiger partial charge >= 0.3 is 0 Å². The van der Waals surface area contributed by atoms with Gasteiger partial charge in [-0.3, -0.25) is 0 Å². The largest absolute Gasteiger partial charge is 0.472 e. The maximum atomic E-state index is 6.27. The first-order valence-electron chi connectivity index (χ1n) is 5.92. The van der Waals surface area contributed by atoms with Crippen LogP contribution >= 0.6 is 23.2 Å². The lowest BCUT2D eigenvalue weighted by molar-refractivity contribution is 0.548. The predicted octanol–water partition coefficient (Wildman–Crippen LogP) is 4.68. The second-order valence-electron chi connectivity index (χ2n) is 4.11. The number of rotatable bonds is 5. The smallest absolute Gasteiger partial charge is 0.0953 e. The molecule has 0 radical (unpaired) electrons. The Balaban J connectivity index is 2.33. The maximum Gasteiger partial charge on any atom is 0.0953 e. The molecule has 2 nitrogen and oxygen atoms in total. The number of benzene rings is 1. The summed E-state index contributed by atoms with van der Waals surface area (Å²) in [6.45, 7) is 3.04. The van der Waals surface area contributed by atoms with Crippen molar-refractivity contribution in [3.8, 4) is 0 Å². The third-order valence-corrected chi connectivity index (χ3v) is 3.31. The summed E-state index contributed by atoms with van der Waals surface area (Å²) < 4.78 is 5.15. The Morgan fingerprint density at radius 3 is 2.72 bits per heavy atom. The molecule has 1 aromatic heterocycles. The summed E-state index contributed by atoms with van der Waals surface area (Å²) in [7, 11) is 0. The zero-order valence-corrected chi connectivity index (χ0v) is 11.6. The van der Waals surface area contributed by atoms with Gasteiger partial charge in [0.05, 0.1) is 18.6 Å². The average molecular weight is 284 g/mol. The third-order valence-electron chi connectivity index (χ3n) is 2.75. The van der Waals surface area contributed by atoms with Crippen molar-refractivity contribution in [3.63, 3.8) is 0 Å².